The molecule has 0 heterocycles. The van der Waals surface area contributed by atoms with Crippen molar-refractivity contribution < 1.29 is 32.5 Å². The number of carbonyl (C=O) groups is 3. The number of carbonyl (C=O) groups excluding carboxylic acids is 3. The van der Waals surface area contributed by atoms with Gasteiger partial charge in [-0.05, 0) is 37.5 Å². The summed E-state index contributed by atoms with van der Waals surface area (Å²) in [5, 5.41) is 0. The Hall–Kier alpha value is -5.56. The molecule has 0 aliphatic heterocycles. The van der Waals surface area contributed by atoms with E-state index in [0.29, 0.717) is 33.4 Å². The Kier molecular flexibility index (Phi) is 12.5. The molecule has 0 fully saturated rings. The number of benzene rings is 6. The van der Waals surface area contributed by atoms with Crippen LogP contribution in [0.15, 0.2) is 182 Å². The third-order valence-corrected chi connectivity index (χ3v) is 11.7. The van der Waals surface area contributed by atoms with Crippen LogP contribution < -0.4 is 0 Å². The first-order chi connectivity index (χ1) is 27.0. The van der Waals surface area contributed by atoms with E-state index in [9.17, 15) is 14.4 Å². The first-order valence-electron chi connectivity index (χ1n) is 18.5. The number of hydrogen-bond donors (Lipinski definition) is 0. The van der Waals surface area contributed by atoms with Crippen LogP contribution in [0.3, 0.4) is 0 Å². The quantitative estimate of drug-likeness (QED) is 0.0635. The highest BCUT2D eigenvalue weighted by Gasteiger charge is 2.45. The van der Waals surface area contributed by atoms with Crippen LogP contribution in [0.1, 0.15) is 68.5 Å². The van der Waals surface area contributed by atoms with E-state index in [4.69, 9.17) is 13.6 Å². The average molecular weight is 765 g/mol. The minimum Gasteiger partial charge on any atom is -0.293 e. The second-order valence-electron chi connectivity index (χ2n) is 14.4. The lowest BCUT2D eigenvalue weighted by atomic mass is 9.77. The van der Waals surface area contributed by atoms with E-state index in [1.807, 2.05) is 109 Å². The second-order valence-corrected chi connectivity index (χ2v) is 16.1. The summed E-state index contributed by atoms with van der Waals surface area (Å²) in [4.78, 5) is 43.0. The molecule has 7 nitrogen and oxygen atoms in total. The van der Waals surface area contributed by atoms with Crippen LogP contribution in [0.5, 0.6) is 0 Å². The van der Waals surface area contributed by atoms with Gasteiger partial charge in [-0.25, -0.2) is 4.57 Å². The smallest absolute Gasteiger partial charge is 0.293 e. The molecule has 0 bridgehead atoms. The third-order valence-electron chi connectivity index (χ3n) is 10.4. The maximum atomic E-state index is 15.3. The zero-order valence-corrected chi connectivity index (χ0v) is 32.6. The Balaban J connectivity index is 1.40. The van der Waals surface area contributed by atoms with Crippen molar-refractivity contribution >= 4 is 25.2 Å². The van der Waals surface area contributed by atoms with E-state index in [2.05, 4.69) is 0 Å². The lowest BCUT2D eigenvalue weighted by molar-refractivity contribution is 0.0552. The summed E-state index contributed by atoms with van der Waals surface area (Å²) in [6.45, 7) is 3.94. The lowest BCUT2D eigenvalue weighted by Crippen LogP contribution is -2.40. The normalized spacial score (nSPS) is 15.6. The minimum atomic E-state index is -4.72. The Bertz CT molecular complexity index is 2010. The minimum absolute atomic E-state index is 0.266. The van der Waals surface area contributed by atoms with Gasteiger partial charge in [-0.1, -0.05) is 182 Å². The molecule has 0 N–H and O–H groups in total. The molecular formula is C48H45O7P. The average Bonchev–Trinajstić information content (AvgIpc) is 3.27. The molecule has 6 aromatic carbocycles. The largest absolute Gasteiger partial charge is 0.474 e. The Labute approximate surface area is 328 Å². The van der Waals surface area contributed by atoms with E-state index in [0.717, 1.165) is 0 Å². The van der Waals surface area contributed by atoms with E-state index in [-0.39, 0.29) is 17.3 Å². The molecule has 0 aliphatic rings. The fraction of sp³-hybridized carbons (Fsp3) is 0.188. The second kappa shape index (κ2) is 17.5. The molecule has 284 valence electrons. The zero-order chi connectivity index (χ0) is 39.7. The van der Waals surface area contributed by atoms with Crippen LogP contribution in [0.2, 0.25) is 0 Å². The van der Waals surface area contributed by atoms with Crippen molar-refractivity contribution in [2.75, 3.05) is 19.8 Å². The summed E-state index contributed by atoms with van der Waals surface area (Å²) < 4.78 is 34.2. The van der Waals surface area contributed by atoms with Crippen LogP contribution in [0.25, 0.3) is 0 Å². The molecule has 8 heteroatoms. The predicted octanol–water partition coefficient (Wildman–Crippen LogP) is 10.7. The van der Waals surface area contributed by atoms with Crippen LogP contribution in [-0.4, -0.2) is 37.2 Å². The molecule has 6 aromatic rings. The van der Waals surface area contributed by atoms with E-state index in [1.165, 1.54) is 0 Å². The maximum Gasteiger partial charge on any atom is 0.474 e. The van der Waals surface area contributed by atoms with E-state index < -0.39 is 43.9 Å². The third kappa shape index (κ3) is 8.78. The molecule has 3 atom stereocenters. The summed E-state index contributed by atoms with van der Waals surface area (Å²) in [5.41, 5.74) is -0.854. The summed E-state index contributed by atoms with van der Waals surface area (Å²) >= 11 is 0. The molecule has 3 unspecified atom stereocenters. The van der Waals surface area contributed by atoms with Gasteiger partial charge in [-0.2, -0.15) is 0 Å². The van der Waals surface area contributed by atoms with Crippen molar-refractivity contribution in [3.8, 4) is 0 Å². The first kappa shape index (κ1) is 40.1. The highest BCUT2D eigenvalue weighted by molar-refractivity contribution is 7.48. The Morgan fingerprint density at radius 1 is 0.375 bits per heavy atom. The van der Waals surface area contributed by atoms with Gasteiger partial charge < -0.3 is 0 Å². The number of phosphoric ester groups is 1. The van der Waals surface area contributed by atoms with Crippen LogP contribution >= 0.6 is 7.82 Å². The SMILES string of the molecule is CC(COP(=O)(OCC(C)(C(=O)c1ccccc1)c1ccccc1)OCC(C)(C(=O)c1ccccc1)c1ccccc1)(C(=O)c1ccccc1)c1ccccc1. The van der Waals surface area contributed by atoms with Gasteiger partial charge >= 0.3 is 7.82 Å². The van der Waals surface area contributed by atoms with Crippen LogP contribution in [0.4, 0.5) is 0 Å². The number of hydrogen-bond acceptors (Lipinski definition) is 7. The van der Waals surface area contributed by atoms with Crippen molar-refractivity contribution in [1.29, 1.82) is 0 Å². The van der Waals surface area contributed by atoms with Gasteiger partial charge in [-0.15, -0.1) is 0 Å². The predicted molar refractivity (Wildman–Crippen MR) is 219 cm³/mol. The first-order valence-corrected chi connectivity index (χ1v) is 19.9. The molecule has 56 heavy (non-hydrogen) atoms. The number of phosphoric acid groups is 1. The Morgan fingerprint density at radius 2 is 0.571 bits per heavy atom. The van der Waals surface area contributed by atoms with Crippen molar-refractivity contribution in [3.63, 3.8) is 0 Å². The lowest BCUT2D eigenvalue weighted by Gasteiger charge is -2.34. The fourth-order valence-corrected chi connectivity index (χ4v) is 8.19. The highest BCUT2D eigenvalue weighted by atomic mass is 31.2. The standard InChI is InChI=1S/C48H45O7P/c1-46(40-28-16-7-17-29-40,43(49)37-22-10-4-11-23-37)34-53-56(52,54-35-47(2,41-30-18-8-19-31-41)44(50)38-24-12-5-13-25-38)55-36-48(3,42-32-20-9-21-33-42)45(51)39-26-14-6-15-27-39/h4-33H,34-36H2,1-3H3. The van der Waals surface area contributed by atoms with Gasteiger partial charge in [0.1, 0.15) is 0 Å². The molecule has 0 spiro atoms. The molecule has 0 aromatic heterocycles. The summed E-state index contributed by atoms with van der Waals surface area (Å²) in [6, 6.07) is 53.8. The molecule has 6 rings (SSSR count). The monoisotopic (exact) mass is 764 g/mol. The summed E-state index contributed by atoms with van der Waals surface area (Å²) in [6.07, 6.45) is 0. The van der Waals surface area contributed by atoms with Gasteiger partial charge in [0.2, 0.25) is 0 Å². The molecule has 0 saturated carbocycles. The van der Waals surface area contributed by atoms with Gasteiger partial charge in [0, 0.05) is 16.7 Å². The van der Waals surface area contributed by atoms with Crippen molar-refractivity contribution in [1.82, 2.24) is 0 Å². The van der Waals surface area contributed by atoms with Gasteiger partial charge in [0.05, 0.1) is 36.1 Å². The fourth-order valence-electron chi connectivity index (χ4n) is 6.72. The maximum absolute atomic E-state index is 15.3. The van der Waals surface area contributed by atoms with E-state index in [1.54, 1.807) is 93.6 Å². The van der Waals surface area contributed by atoms with Crippen molar-refractivity contribution in [2.24, 2.45) is 0 Å². The topological polar surface area (TPSA) is 96.0 Å². The number of Topliss-reactive ketones (excluding diaryl/α,β-unsaturated/α-hetero) is 3. The van der Waals surface area contributed by atoms with Crippen molar-refractivity contribution in [3.05, 3.63) is 215 Å². The Morgan fingerprint density at radius 3 is 0.786 bits per heavy atom. The van der Waals surface area contributed by atoms with Gasteiger partial charge in [0.15, 0.2) is 17.3 Å². The molecule has 0 saturated heterocycles. The zero-order valence-electron chi connectivity index (χ0n) is 31.7. The highest BCUT2D eigenvalue weighted by Crippen LogP contribution is 2.54. The summed E-state index contributed by atoms with van der Waals surface area (Å²) in [5.74, 6) is -0.798. The van der Waals surface area contributed by atoms with Gasteiger partial charge in [-0.3, -0.25) is 28.0 Å². The van der Waals surface area contributed by atoms with Crippen LogP contribution in [-0.2, 0) is 34.4 Å². The van der Waals surface area contributed by atoms with Crippen molar-refractivity contribution in [2.45, 2.75) is 37.0 Å². The molecule has 0 aliphatic carbocycles. The van der Waals surface area contributed by atoms with E-state index >= 15 is 4.57 Å². The van der Waals surface area contributed by atoms with Crippen LogP contribution in [0, 0.1) is 0 Å². The molecule has 0 amide bonds. The summed E-state index contributed by atoms with van der Waals surface area (Å²) in [7, 11) is -4.72. The number of ketones is 3. The number of rotatable bonds is 18. The molecule has 0 radical (unpaired) electrons. The molecular weight excluding hydrogens is 719 g/mol. The van der Waals surface area contributed by atoms with Gasteiger partial charge in [0.25, 0.3) is 0 Å².